The minimum Gasteiger partial charge on any atom is -0.302 e. The van der Waals surface area contributed by atoms with Crippen LogP contribution in [0.2, 0.25) is 0 Å². The van der Waals surface area contributed by atoms with Gasteiger partial charge in [0.25, 0.3) is 5.56 Å². The second-order valence-corrected chi connectivity index (χ2v) is 5.39. The highest BCUT2D eigenvalue weighted by molar-refractivity contribution is 7.18. The summed E-state index contributed by atoms with van der Waals surface area (Å²) in [5, 5.41) is 0.350. The van der Waals surface area contributed by atoms with Gasteiger partial charge < -0.3 is 4.98 Å². The van der Waals surface area contributed by atoms with Gasteiger partial charge in [0.2, 0.25) is 5.82 Å². The third-order valence-electron chi connectivity index (χ3n) is 3.09. The van der Waals surface area contributed by atoms with Crippen LogP contribution >= 0.6 is 11.3 Å². The molecule has 0 aliphatic heterocycles. The Kier molecular flexibility index (Phi) is 2.48. The Bertz CT molecular complexity index is 671. The maximum atomic E-state index is 12.6. The van der Waals surface area contributed by atoms with Crippen LogP contribution in [0, 0.1) is 0 Å². The van der Waals surface area contributed by atoms with Crippen molar-refractivity contribution in [3.05, 3.63) is 26.6 Å². The van der Waals surface area contributed by atoms with Gasteiger partial charge in [0.15, 0.2) is 0 Å². The standard InChI is InChI=1S/C11H9F3N2OS/c12-11(13,14)10-15-8(17)7-5-3-1-2-4-6(5)18-9(7)16-10/h1-4H2,(H,15,16,17). The summed E-state index contributed by atoms with van der Waals surface area (Å²) in [4.78, 5) is 18.4. The van der Waals surface area contributed by atoms with Gasteiger partial charge in [-0.05, 0) is 31.2 Å². The fraction of sp³-hybridized carbons (Fsp3) is 0.455. The molecule has 1 aliphatic carbocycles. The Morgan fingerprint density at radius 2 is 1.94 bits per heavy atom. The predicted molar refractivity (Wildman–Crippen MR) is 61.9 cm³/mol. The molecule has 18 heavy (non-hydrogen) atoms. The molecule has 1 N–H and O–H groups in total. The van der Waals surface area contributed by atoms with E-state index in [1.54, 1.807) is 0 Å². The monoisotopic (exact) mass is 274 g/mol. The number of hydrogen-bond donors (Lipinski definition) is 1. The van der Waals surface area contributed by atoms with Crippen LogP contribution in [0.15, 0.2) is 4.79 Å². The summed E-state index contributed by atoms with van der Waals surface area (Å²) in [7, 11) is 0. The van der Waals surface area contributed by atoms with Crippen molar-refractivity contribution in [3.63, 3.8) is 0 Å². The first-order valence-electron chi connectivity index (χ1n) is 5.58. The van der Waals surface area contributed by atoms with Gasteiger partial charge in [-0.1, -0.05) is 0 Å². The molecule has 0 bridgehead atoms. The molecule has 0 radical (unpaired) electrons. The Morgan fingerprint density at radius 3 is 2.67 bits per heavy atom. The van der Waals surface area contributed by atoms with E-state index in [1.165, 1.54) is 11.3 Å². The molecule has 0 aromatic carbocycles. The van der Waals surface area contributed by atoms with Gasteiger partial charge in [0.05, 0.1) is 5.39 Å². The molecule has 7 heteroatoms. The topological polar surface area (TPSA) is 45.8 Å². The molecule has 0 unspecified atom stereocenters. The maximum absolute atomic E-state index is 12.6. The van der Waals surface area contributed by atoms with Crippen molar-refractivity contribution in [2.75, 3.05) is 0 Å². The van der Waals surface area contributed by atoms with Crippen molar-refractivity contribution < 1.29 is 13.2 Å². The van der Waals surface area contributed by atoms with E-state index in [-0.39, 0.29) is 4.83 Å². The molecule has 0 atom stereocenters. The molecular weight excluding hydrogens is 265 g/mol. The largest absolute Gasteiger partial charge is 0.449 e. The average Bonchev–Trinajstić information content (AvgIpc) is 2.66. The van der Waals surface area contributed by atoms with Crippen molar-refractivity contribution in [2.24, 2.45) is 0 Å². The van der Waals surface area contributed by atoms with Crippen LogP contribution in [-0.2, 0) is 19.0 Å². The summed E-state index contributed by atoms with van der Waals surface area (Å²) in [5.41, 5.74) is 0.218. The van der Waals surface area contributed by atoms with Crippen molar-refractivity contribution in [1.29, 1.82) is 0 Å². The second-order valence-electron chi connectivity index (χ2n) is 4.30. The van der Waals surface area contributed by atoms with Gasteiger partial charge in [-0.3, -0.25) is 4.79 Å². The number of aryl methyl sites for hydroxylation is 2. The zero-order valence-electron chi connectivity index (χ0n) is 9.23. The Morgan fingerprint density at radius 1 is 1.22 bits per heavy atom. The smallest absolute Gasteiger partial charge is 0.302 e. The molecule has 0 saturated heterocycles. The third-order valence-corrected chi connectivity index (χ3v) is 4.28. The van der Waals surface area contributed by atoms with Gasteiger partial charge in [-0.25, -0.2) is 4.98 Å². The van der Waals surface area contributed by atoms with Crippen molar-refractivity contribution in [3.8, 4) is 0 Å². The quantitative estimate of drug-likeness (QED) is 0.803. The molecule has 0 spiro atoms. The summed E-state index contributed by atoms with van der Waals surface area (Å²) in [5.74, 6) is -1.21. The van der Waals surface area contributed by atoms with Gasteiger partial charge >= 0.3 is 6.18 Å². The molecule has 96 valence electrons. The average molecular weight is 274 g/mol. The van der Waals surface area contributed by atoms with Crippen LogP contribution in [0.25, 0.3) is 10.2 Å². The van der Waals surface area contributed by atoms with Crippen LogP contribution in [-0.4, -0.2) is 9.97 Å². The number of H-pyrrole nitrogens is 1. The maximum Gasteiger partial charge on any atom is 0.449 e. The predicted octanol–water partition coefficient (Wildman–Crippen LogP) is 2.88. The van der Waals surface area contributed by atoms with Gasteiger partial charge in [0, 0.05) is 4.88 Å². The molecular formula is C11H9F3N2OS. The van der Waals surface area contributed by atoms with Crippen molar-refractivity contribution in [2.45, 2.75) is 31.9 Å². The number of fused-ring (bicyclic) bond motifs is 3. The van der Waals surface area contributed by atoms with Crippen LogP contribution in [0.3, 0.4) is 0 Å². The first-order valence-corrected chi connectivity index (χ1v) is 6.40. The lowest BCUT2D eigenvalue weighted by Crippen LogP contribution is -2.19. The van der Waals surface area contributed by atoms with Crippen LogP contribution in [0.5, 0.6) is 0 Å². The molecule has 3 rings (SSSR count). The van der Waals surface area contributed by atoms with E-state index in [0.717, 1.165) is 36.1 Å². The highest BCUT2D eigenvalue weighted by Gasteiger charge is 2.35. The summed E-state index contributed by atoms with van der Waals surface area (Å²) >= 11 is 1.21. The first kappa shape index (κ1) is 11.7. The van der Waals surface area contributed by atoms with Crippen LogP contribution in [0.1, 0.15) is 29.1 Å². The number of nitrogens with one attached hydrogen (secondary N) is 1. The van der Waals surface area contributed by atoms with Crippen molar-refractivity contribution >= 4 is 21.6 Å². The lowest BCUT2D eigenvalue weighted by atomic mass is 9.97. The zero-order valence-corrected chi connectivity index (χ0v) is 10.0. The highest BCUT2D eigenvalue weighted by Crippen LogP contribution is 2.35. The number of rotatable bonds is 0. The van der Waals surface area contributed by atoms with E-state index in [4.69, 9.17) is 0 Å². The van der Waals surface area contributed by atoms with Crippen molar-refractivity contribution in [1.82, 2.24) is 9.97 Å². The molecule has 1 aliphatic rings. The van der Waals surface area contributed by atoms with E-state index in [1.807, 2.05) is 4.98 Å². The molecule has 0 amide bonds. The number of thiophene rings is 1. The number of aromatic nitrogens is 2. The van der Waals surface area contributed by atoms with E-state index in [9.17, 15) is 18.0 Å². The lowest BCUT2D eigenvalue weighted by molar-refractivity contribution is -0.144. The SMILES string of the molecule is O=c1[nH]c(C(F)(F)F)nc2sc3c(c12)CCCC3. The molecule has 2 heterocycles. The fourth-order valence-electron chi connectivity index (χ4n) is 2.30. The molecule has 2 aromatic heterocycles. The Balaban J connectivity index is 2.30. The molecule has 3 nitrogen and oxygen atoms in total. The van der Waals surface area contributed by atoms with Gasteiger partial charge in [-0.2, -0.15) is 13.2 Å². The summed E-state index contributed by atoms with van der Waals surface area (Å²) in [6.07, 6.45) is -1.04. The molecule has 0 fully saturated rings. The molecule has 0 saturated carbocycles. The zero-order chi connectivity index (χ0) is 12.9. The minimum atomic E-state index is -4.61. The first-order chi connectivity index (χ1) is 8.47. The van der Waals surface area contributed by atoms with Crippen LogP contribution < -0.4 is 5.56 Å². The normalized spacial score (nSPS) is 15.9. The Hall–Kier alpha value is -1.37. The molecule has 2 aromatic rings. The summed E-state index contributed by atoms with van der Waals surface area (Å²) < 4.78 is 37.7. The fourth-order valence-corrected chi connectivity index (χ4v) is 3.56. The van der Waals surface area contributed by atoms with E-state index >= 15 is 0 Å². The summed E-state index contributed by atoms with van der Waals surface area (Å²) in [6, 6.07) is 0. The third kappa shape index (κ3) is 1.73. The number of hydrogen-bond acceptors (Lipinski definition) is 3. The van der Waals surface area contributed by atoms with E-state index in [2.05, 4.69) is 4.98 Å². The van der Waals surface area contributed by atoms with Gasteiger partial charge in [0.1, 0.15) is 4.83 Å². The number of aromatic amines is 1. The number of nitrogens with zero attached hydrogens (tertiary/aromatic N) is 1. The highest BCUT2D eigenvalue weighted by atomic mass is 32.1. The van der Waals surface area contributed by atoms with Gasteiger partial charge in [-0.15, -0.1) is 11.3 Å². The van der Waals surface area contributed by atoms with Crippen LogP contribution in [0.4, 0.5) is 13.2 Å². The van der Waals surface area contributed by atoms with E-state index in [0.29, 0.717) is 5.39 Å². The lowest BCUT2D eigenvalue weighted by Gasteiger charge is -2.09. The number of halogens is 3. The second kappa shape index (κ2) is 3.81. The Labute approximate surface area is 104 Å². The minimum absolute atomic E-state index is 0.206. The summed E-state index contributed by atoms with van der Waals surface area (Å²) in [6.45, 7) is 0. The van der Waals surface area contributed by atoms with E-state index < -0.39 is 17.6 Å². The number of alkyl halides is 3.